The first kappa shape index (κ1) is 15.3. The fourth-order valence-electron chi connectivity index (χ4n) is 3.98. The summed E-state index contributed by atoms with van der Waals surface area (Å²) in [5, 5.41) is 10.6. The van der Waals surface area contributed by atoms with Gasteiger partial charge in [0.2, 0.25) is 0 Å². The molecular formula is C16H31NO2. The van der Waals surface area contributed by atoms with Crippen molar-refractivity contribution in [1.82, 2.24) is 4.90 Å². The van der Waals surface area contributed by atoms with Gasteiger partial charge in [-0.25, -0.2) is 0 Å². The third kappa shape index (κ3) is 2.98. The number of aliphatic hydroxyl groups excluding tert-OH is 1. The summed E-state index contributed by atoms with van der Waals surface area (Å²) in [4.78, 5) is 2.54. The average molecular weight is 269 g/mol. The minimum Gasteiger partial charge on any atom is -0.390 e. The van der Waals surface area contributed by atoms with E-state index in [0.717, 1.165) is 19.0 Å². The van der Waals surface area contributed by atoms with Crippen LogP contribution in [0, 0.1) is 11.8 Å². The molecule has 0 amide bonds. The lowest BCUT2D eigenvalue weighted by Crippen LogP contribution is -2.48. The van der Waals surface area contributed by atoms with Crippen LogP contribution in [0.1, 0.15) is 54.4 Å². The number of aliphatic hydroxyl groups is 1. The topological polar surface area (TPSA) is 32.7 Å². The van der Waals surface area contributed by atoms with Gasteiger partial charge in [-0.1, -0.05) is 6.92 Å². The molecule has 2 heterocycles. The lowest BCUT2D eigenvalue weighted by atomic mass is 9.83. The van der Waals surface area contributed by atoms with E-state index in [0.29, 0.717) is 6.04 Å². The molecule has 4 atom stereocenters. The Morgan fingerprint density at radius 3 is 2.26 bits per heavy atom. The Kier molecular flexibility index (Phi) is 4.03. The molecule has 112 valence electrons. The van der Waals surface area contributed by atoms with E-state index in [9.17, 15) is 5.11 Å². The lowest BCUT2D eigenvalue weighted by Gasteiger charge is -2.40. The minimum absolute atomic E-state index is 0.193. The van der Waals surface area contributed by atoms with E-state index in [1.54, 1.807) is 0 Å². The van der Waals surface area contributed by atoms with Gasteiger partial charge in [-0.3, -0.25) is 0 Å². The minimum atomic E-state index is -0.430. The van der Waals surface area contributed by atoms with Crippen molar-refractivity contribution in [3.8, 4) is 0 Å². The Bertz CT molecular complexity index is 327. The molecule has 3 heteroatoms. The summed E-state index contributed by atoms with van der Waals surface area (Å²) in [6.45, 7) is 15.0. The highest BCUT2D eigenvalue weighted by Gasteiger charge is 2.53. The molecule has 1 N–H and O–H groups in total. The Labute approximate surface area is 118 Å². The molecule has 0 saturated carbocycles. The van der Waals surface area contributed by atoms with Crippen LogP contribution in [0.15, 0.2) is 0 Å². The number of piperidine rings is 1. The van der Waals surface area contributed by atoms with Gasteiger partial charge in [0.15, 0.2) is 0 Å². The fraction of sp³-hybridized carbons (Fsp3) is 1.00. The number of likely N-dealkylation sites (tertiary alicyclic amines) is 1. The largest absolute Gasteiger partial charge is 0.390 e. The molecule has 2 aliphatic rings. The molecule has 4 unspecified atom stereocenters. The van der Waals surface area contributed by atoms with E-state index in [1.165, 1.54) is 12.8 Å². The van der Waals surface area contributed by atoms with Crippen molar-refractivity contribution in [2.24, 2.45) is 11.8 Å². The highest BCUT2D eigenvalue weighted by Crippen LogP contribution is 2.43. The predicted molar refractivity (Wildman–Crippen MR) is 78.2 cm³/mol. The molecule has 0 aromatic carbocycles. The number of nitrogens with zero attached hydrogens (tertiary/aromatic N) is 1. The Morgan fingerprint density at radius 2 is 1.79 bits per heavy atom. The molecule has 0 aromatic heterocycles. The predicted octanol–water partition coefficient (Wildman–Crippen LogP) is 2.67. The van der Waals surface area contributed by atoms with Gasteiger partial charge in [-0.2, -0.15) is 0 Å². The van der Waals surface area contributed by atoms with Crippen LogP contribution in [0.3, 0.4) is 0 Å². The van der Waals surface area contributed by atoms with Crippen LogP contribution in [0.2, 0.25) is 0 Å². The van der Waals surface area contributed by atoms with Crippen LogP contribution in [-0.4, -0.2) is 46.4 Å². The first-order valence-corrected chi connectivity index (χ1v) is 7.76. The molecule has 2 fully saturated rings. The van der Waals surface area contributed by atoms with Gasteiger partial charge in [0.1, 0.15) is 0 Å². The molecule has 0 bridgehead atoms. The molecule has 19 heavy (non-hydrogen) atoms. The molecular weight excluding hydrogens is 238 g/mol. The van der Waals surface area contributed by atoms with Gasteiger partial charge in [0, 0.05) is 18.5 Å². The maximum atomic E-state index is 10.6. The molecule has 2 saturated heterocycles. The van der Waals surface area contributed by atoms with E-state index in [-0.39, 0.29) is 17.6 Å². The highest BCUT2D eigenvalue weighted by atomic mass is 16.5. The quantitative estimate of drug-likeness (QED) is 0.836. The van der Waals surface area contributed by atoms with Gasteiger partial charge in [0.05, 0.1) is 17.3 Å². The van der Waals surface area contributed by atoms with Gasteiger partial charge < -0.3 is 14.7 Å². The van der Waals surface area contributed by atoms with Crippen LogP contribution in [0.5, 0.6) is 0 Å². The molecule has 2 aliphatic heterocycles. The smallest absolute Gasteiger partial charge is 0.0896 e. The van der Waals surface area contributed by atoms with Crippen molar-refractivity contribution in [3.05, 3.63) is 0 Å². The van der Waals surface area contributed by atoms with Crippen molar-refractivity contribution in [3.63, 3.8) is 0 Å². The van der Waals surface area contributed by atoms with E-state index < -0.39 is 5.60 Å². The second kappa shape index (κ2) is 5.01. The second-order valence-corrected chi connectivity index (χ2v) is 7.83. The zero-order valence-electron chi connectivity index (χ0n) is 13.4. The zero-order chi connectivity index (χ0) is 14.4. The monoisotopic (exact) mass is 269 g/mol. The van der Waals surface area contributed by atoms with E-state index in [2.05, 4.69) is 32.6 Å². The third-order valence-electron chi connectivity index (χ3n) is 5.22. The summed E-state index contributed by atoms with van der Waals surface area (Å²) >= 11 is 0. The van der Waals surface area contributed by atoms with Crippen molar-refractivity contribution >= 4 is 0 Å². The first-order chi connectivity index (χ1) is 8.63. The lowest BCUT2D eigenvalue weighted by molar-refractivity contribution is -0.0917. The number of ether oxygens (including phenoxy) is 1. The van der Waals surface area contributed by atoms with Crippen LogP contribution < -0.4 is 0 Å². The van der Waals surface area contributed by atoms with Gasteiger partial charge >= 0.3 is 0 Å². The molecule has 0 aromatic rings. The normalized spacial score (nSPS) is 42.5. The van der Waals surface area contributed by atoms with Crippen molar-refractivity contribution in [1.29, 1.82) is 0 Å². The van der Waals surface area contributed by atoms with Gasteiger partial charge in [0.25, 0.3) is 0 Å². The summed E-state index contributed by atoms with van der Waals surface area (Å²) in [5.41, 5.74) is -0.674. The van der Waals surface area contributed by atoms with Gasteiger partial charge in [-0.15, -0.1) is 0 Å². The van der Waals surface area contributed by atoms with Gasteiger partial charge in [-0.05, 0) is 59.9 Å². The molecule has 3 nitrogen and oxygen atoms in total. The summed E-state index contributed by atoms with van der Waals surface area (Å²) in [5.74, 6) is 1.03. The molecule has 2 rings (SSSR count). The Balaban J connectivity index is 2.06. The van der Waals surface area contributed by atoms with E-state index in [1.807, 2.05) is 13.8 Å². The summed E-state index contributed by atoms with van der Waals surface area (Å²) in [6.07, 6.45) is 2.17. The Morgan fingerprint density at radius 1 is 1.16 bits per heavy atom. The second-order valence-electron chi connectivity index (χ2n) is 7.83. The SMILES string of the molecule is CC1CCN(CC2C(O)C(C)(C)OC2(C)C)C(C)C1. The molecule has 0 radical (unpaired) electrons. The maximum Gasteiger partial charge on any atom is 0.0896 e. The van der Waals surface area contributed by atoms with Crippen molar-refractivity contribution < 1.29 is 9.84 Å². The van der Waals surface area contributed by atoms with Crippen molar-refractivity contribution in [2.75, 3.05) is 13.1 Å². The summed E-state index contributed by atoms with van der Waals surface area (Å²) in [6, 6.07) is 0.621. The maximum absolute atomic E-state index is 10.6. The number of hydrogen-bond acceptors (Lipinski definition) is 3. The fourth-order valence-corrected chi connectivity index (χ4v) is 3.98. The van der Waals surface area contributed by atoms with Crippen LogP contribution in [-0.2, 0) is 4.74 Å². The van der Waals surface area contributed by atoms with E-state index >= 15 is 0 Å². The van der Waals surface area contributed by atoms with Crippen LogP contribution in [0.4, 0.5) is 0 Å². The van der Waals surface area contributed by atoms with Crippen LogP contribution in [0.25, 0.3) is 0 Å². The van der Waals surface area contributed by atoms with E-state index in [4.69, 9.17) is 4.74 Å². The summed E-state index contributed by atoms with van der Waals surface area (Å²) in [7, 11) is 0. The first-order valence-electron chi connectivity index (χ1n) is 7.76. The third-order valence-corrected chi connectivity index (χ3v) is 5.22. The standard InChI is InChI=1S/C16H31NO2/c1-11-7-8-17(12(2)9-11)10-13-14(18)16(5,6)19-15(13,3)4/h11-14,18H,7-10H2,1-6H3. The van der Waals surface area contributed by atoms with Crippen molar-refractivity contribution in [2.45, 2.75) is 77.7 Å². The Hall–Kier alpha value is -0.120. The number of rotatable bonds is 2. The average Bonchev–Trinajstić information content (AvgIpc) is 2.39. The number of hydrogen-bond donors (Lipinski definition) is 1. The summed E-state index contributed by atoms with van der Waals surface area (Å²) < 4.78 is 6.08. The molecule has 0 spiro atoms. The highest BCUT2D eigenvalue weighted by molar-refractivity contribution is 5.02. The van der Waals surface area contributed by atoms with Crippen LogP contribution >= 0.6 is 0 Å². The zero-order valence-corrected chi connectivity index (χ0v) is 13.4. The molecule has 0 aliphatic carbocycles.